The van der Waals surface area contributed by atoms with Gasteiger partial charge in [0.25, 0.3) is 0 Å². The first-order valence-corrected chi connectivity index (χ1v) is 6.73. The maximum absolute atomic E-state index is 11.8. The summed E-state index contributed by atoms with van der Waals surface area (Å²) in [6.45, 7) is 5.43. The highest BCUT2D eigenvalue weighted by Crippen LogP contribution is 2.30. The highest BCUT2D eigenvalue weighted by molar-refractivity contribution is 5.86. The molecule has 0 heterocycles. The van der Waals surface area contributed by atoms with Gasteiger partial charge in [-0.05, 0) is 44.5 Å². The van der Waals surface area contributed by atoms with Crippen LogP contribution in [0.3, 0.4) is 0 Å². The number of rotatable bonds is 2. The molecule has 4 nitrogen and oxygen atoms in total. The van der Waals surface area contributed by atoms with Crippen LogP contribution in [0.15, 0.2) is 48.5 Å². The molecule has 2 rings (SSSR count). The van der Waals surface area contributed by atoms with Crippen LogP contribution in [-0.4, -0.2) is 16.8 Å². The molecule has 0 aliphatic heterocycles. The van der Waals surface area contributed by atoms with Crippen LogP contribution < -0.4 is 5.32 Å². The molecule has 110 valence electrons. The molecule has 0 aromatic heterocycles. The van der Waals surface area contributed by atoms with E-state index in [-0.39, 0.29) is 5.75 Å². The third-order valence-corrected chi connectivity index (χ3v) is 2.72. The lowest BCUT2D eigenvalue weighted by molar-refractivity contribution is 0.0636. The zero-order chi connectivity index (χ0) is 15.5. The quantitative estimate of drug-likeness (QED) is 0.859. The van der Waals surface area contributed by atoms with Crippen molar-refractivity contribution < 1.29 is 14.6 Å². The molecule has 2 aromatic carbocycles. The number of benzene rings is 2. The largest absolute Gasteiger partial charge is 0.507 e. The standard InChI is InChI=1S/C17H19NO3/c1-17(2,3)21-16(20)18-13-8-6-7-12(11-13)14-9-4-5-10-15(14)19/h4-11,19H,1-3H3,(H,18,20). The van der Waals surface area contributed by atoms with Crippen molar-refractivity contribution in [1.29, 1.82) is 0 Å². The minimum atomic E-state index is -0.542. The predicted molar refractivity (Wildman–Crippen MR) is 83.4 cm³/mol. The first-order valence-electron chi connectivity index (χ1n) is 6.73. The average molecular weight is 285 g/mol. The Kier molecular flexibility index (Phi) is 4.17. The number of hydrogen-bond acceptors (Lipinski definition) is 3. The third kappa shape index (κ3) is 4.24. The summed E-state index contributed by atoms with van der Waals surface area (Å²) in [6.07, 6.45) is -0.503. The van der Waals surface area contributed by atoms with E-state index < -0.39 is 11.7 Å². The van der Waals surface area contributed by atoms with E-state index in [1.807, 2.05) is 45.0 Å². The van der Waals surface area contributed by atoms with Crippen LogP contribution in [0, 0.1) is 0 Å². The number of phenolic OH excluding ortho intramolecular Hbond substituents is 1. The number of aromatic hydroxyl groups is 1. The smallest absolute Gasteiger partial charge is 0.412 e. The third-order valence-electron chi connectivity index (χ3n) is 2.72. The molecule has 0 bridgehead atoms. The van der Waals surface area contributed by atoms with Gasteiger partial charge in [0.15, 0.2) is 0 Å². The van der Waals surface area contributed by atoms with Gasteiger partial charge in [0.2, 0.25) is 0 Å². The van der Waals surface area contributed by atoms with Gasteiger partial charge < -0.3 is 9.84 Å². The highest BCUT2D eigenvalue weighted by Gasteiger charge is 2.16. The topological polar surface area (TPSA) is 58.6 Å². The van der Waals surface area contributed by atoms with Crippen LogP contribution in [0.1, 0.15) is 20.8 Å². The molecule has 0 radical (unpaired) electrons. The van der Waals surface area contributed by atoms with Gasteiger partial charge in [0, 0.05) is 11.3 Å². The number of carbonyl (C=O) groups excluding carboxylic acids is 1. The Morgan fingerprint density at radius 3 is 2.48 bits per heavy atom. The molecular formula is C17H19NO3. The first-order chi connectivity index (χ1) is 9.85. The Hall–Kier alpha value is -2.49. The Balaban J connectivity index is 2.19. The van der Waals surface area contributed by atoms with Gasteiger partial charge in [0.1, 0.15) is 11.4 Å². The summed E-state index contributed by atoms with van der Waals surface area (Å²) in [5.41, 5.74) is 1.61. The maximum Gasteiger partial charge on any atom is 0.412 e. The Morgan fingerprint density at radius 2 is 1.81 bits per heavy atom. The van der Waals surface area contributed by atoms with Gasteiger partial charge >= 0.3 is 6.09 Å². The second kappa shape index (κ2) is 5.87. The molecule has 21 heavy (non-hydrogen) atoms. The van der Waals surface area contributed by atoms with Gasteiger partial charge in [-0.3, -0.25) is 5.32 Å². The lowest BCUT2D eigenvalue weighted by Gasteiger charge is -2.19. The fraction of sp³-hybridized carbons (Fsp3) is 0.235. The molecule has 0 fully saturated rings. The molecule has 0 atom stereocenters. The van der Waals surface area contributed by atoms with Crippen molar-refractivity contribution in [3.05, 3.63) is 48.5 Å². The number of anilines is 1. The first kappa shape index (κ1) is 14.9. The molecule has 2 N–H and O–H groups in total. The average Bonchev–Trinajstić information content (AvgIpc) is 2.37. The zero-order valence-corrected chi connectivity index (χ0v) is 12.4. The fourth-order valence-electron chi connectivity index (χ4n) is 1.90. The summed E-state index contributed by atoms with van der Waals surface area (Å²) < 4.78 is 5.21. The number of amides is 1. The summed E-state index contributed by atoms with van der Waals surface area (Å²) in [6, 6.07) is 14.3. The van der Waals surface area contributed by atoms with E-state index in [1.54, 1.807) is 24.3 Å². The maximum atomic E-state index is 11.8. The normalized spacial score (nSPS) is 11.0. The van der Waals surface area contributed by atoms with Crippen molar-refractivity contribution in [3.8, 4) is 16.9 Å². The minimum Gasteiger partial charge on any atom is -0.507 e. The van der Waals surface area contributed by atoms with Crippen molar-refractivity contribution in [2.24, 2.45) is 0 Å². The van der Waals surface area contributed by atoms with Crippen LogP contribution in [0.25, 0.3) is 11.1 Å². The Labute approximate surface area is 124 Å². The van der Waals surface area contributed by atoms with Crippen molar-refractivity contribution in [3.63, 3.8) is 0 Å². The molecule has 0 aliphatic carbocycles. The number of hydrogen-bond donors (Lipinski definition) is 2. The number of carbonyl (C=O) groups is 1. The van der Waals surface area contributed by atoms with Crippen molar-refractivity contribution in [2.75, 3.05) is 5.32 Å². The van der Waals surface area contributed by atoms with Crippen molar-refractivity contribution >= 4 is 11.8 Å². The van der Waals surface area contributed by atoms with E-state index in [9.17, 15) is 9.90 Å². The molecule has 0 spiro atoms. The molecule has 0 aliphatic rings. The van der Waals surface area contributed by atoms with E-state index in [2.05, 4.69) is 5.32 Å². The van der Waals surface area contributed by atoms with E-state index in [1.165, 1.54) is 0 Å². The summed E-state index contributed by atoms with van der Waals surface area (Å²) in [7, 11) is 0. The van der Waals surface area contributed by atoms with Crippen LogP contribution in [-0.2, 0) is 4.74 Å². The van der Waals surface area contributed by atoms with Gasteiger partial charge in [-0.1, -0.05) is 30.3 Å². The lowest BCUT2D eigenvalue weighted by Crippen LogP contribution is -2.27. The van der Waals surface area contributed by atoms with Crippen LogP contribution >= 0.6 is 0 Å². The molecule has 0 unspecified atom stereocenters. The van der Waals surface area contributed by atoms with Gasteiger partial charge in [-0.2, -0.15) is 0 Å². The van der Waals surface area contributed by atoms with Crippen molar-refractivity contribution in [1.82, 2.24) is 0 Å². The monoisotopic (exact) mass is 285 g/mol. The number of phenols is 1. The van der Waals surface area contributed by atoms with Crippen LogP contribution in [0.4, 0.5) is 10.5 Å². The van der Waals surface area contributed by atoms with E-state index >= 15 is 0 Å². The number of nitrogens with one attached hydrogen (secondary N) is 1. The summed E-state index contributed by atoms with van der Waals surface area (Å²) in [5.74, 6) is 0.201. The van der Waals surface area contributed by atoms with E-state index in [0.29, 0.717) is 11.3 Å². The van der Waals surface area contributed by atoms with E-state index in [4.69, 9.17) is 4.74 Å². The Bertz CT molecular complexity index is 644. The molecule has 4 heteroatoms. The van der Waals surface area contributed by atoms with Gasteiger partial charge in [-0.25, -0.2) is 4.79 Å². The van der Waals surface area contributed by atoms with Gasteiger partial charge in [-0.15, -0.1) is 0 Å². The molecule has 0 saturated carbocycles. The zero-order valence-electron chi connectivity index (χ0n) is 12.4. The van der Waals surface area contributed by atoms with Crippen LogP contribution in [0.5, 0.6) is 5.75 Å². The SMILES string of the molecule is CC(C)(C)OC(=O)Nc1cccc(-c2ccccc2O)c1. The highest BCUT2D eigenvalue weighted by atomic mass is 16.6. The fourth-order valence-corrected chi connectivity index (χ4v) is 1.90. The van der Waals surface area contributed by atoms with Gasteiger partial charge in [0.05, 0.1) is 0 Å². The second-order valence-corrected chi connectivity index (χ2v) is 5.72. The molecule has 0 saturated heterocycles. The van der Waals surface area contributed by atoms with Crippen LogP contribution in [0.2, 0.25) is 0 Å². The minimum absolute atomic E-state index is 0.201. The second-order valence-electron chi connectivity index (χ2n) is 5.72. The number of para-hydroxylation sites is 1. The van der Waals surface area contributed by atoms with Crippen molar-refractivity contribution in [2.45, 2.75) is 26.4 Å². The Morgan fingerprint density at radius 1 is 1.10 bits per heavy atom. The molecule has 1 amide bonds. The number of ether oxygens (including phenoxy) is 1. The summed E-state index contributed by atoms with van der Waals surface area (Å²) in [5, 5.41) is 12.6. The van der Waals surface area contributed by atoms with E-state index in [0.717, 1.165) is 5.56 Å². The summed E-state index contributed by atoms with van der Waals surface area (Å²) >= 11 is 0. The lowest BCUT2D eigenvalue weighted by atomic mass is 10.0. The molecular weight excluding hydrogens is 266 g/mol. The molecule has 2 aromatic rings. The summed E-state index contributed by atoms with van der Waals surface area (Å²) in [4.78, 5) is 11.8. The predicted octanol–water partition coefficient (Wildman–Crippen LogP) is 4.41.